The van der Waals surface area contributed by atoms with Gasteiger partial charge in [0.25, 0.3) is 5.91 Å². The van der Waals surface area contributed by atoms with Crippen molar-refractivity contribution >= 4 is 23.9 Å². The number of amides is 3. The smallest absolute Gasteiger partial charge is 0.437 e. The first kappa shape index (κ1) is 31.3. The number of nitrogens with one attached hydrogen (secondary N) is 2. The van der Waals surface area contributed by atoms with E-state index in [1.165, 1.54) is 0 Å². The molecule has 1 fully saturated rings. The maximum atomic E-state index is 13.9. The Morgan fingerprint density at radius 2 is 1.82 bits per heavy atom. The minimum atomic E-state index is -0.777. The van der Waals surface area contributed by atoms with E-state index in [0.717, 1.165) is 11.3 Å². The van der Waals surface area contributed by atoms with Crippen molar-refractivity contribution < 1.29 is 28.6 Å². The third-order valence-electron chi connectivity index (χ3n) is 8.58. The molecule has 0 spiro atoms. The molecule has 236 valence electrons. The van der Waals surface area contributed by atoms with Crippen molar-refractivity contribution in [2.45, 2.75) is 109 Å². The normalized spacial score (nSPS) is 22.9. The van der Waals surface area contributed by atoms with E-state index in [0.29, 0.717) is 49.2 Å². The highest BCUT2D eigenvalue weighted by Gasteiger charge is 2.45. The molecule has 44 heavy (non-hydrogen) atoms. The number of carbonyl (C=O) groups excluding carboxylic acids is 3. The molecule has 0 saturated carbocycles. The van der Waals surface area contributed by atoms with Crippen LogP contribution in [0, 0.1) is 0 Å². The Labute approximate surface area is 259 Å². The second-order valence-corrected chi connectivity index (χ2v) is 13.5. The summed E-state index contributed by atoms with van der Waals surface area (Å²) in [6.45, 7) is 13.7. The highest BCUT2D eigenvalue weighted by Crippen LogP contribution is 2.41. The van der Waals surface area contributed by atoms with E-state index in [2.05, 4.69) is 15.6 Å². The van der Waals surface area contributed by atoms with Crippen LogP contribution in [0.15, 0.2) is 47.5 Å². The minimum absolute atomic E-state index is 0.150. The van der Waals surface area contributed by atoms with Crippen molar-refractivity contribution in [1.82, 2.24) is 15.5 Å². The van der Waals surface area contributed by atoms with Crippen LogP contribution in [0.4, 0.5) is 4.79 Å². The Morgan fingerprint density at radius 1 is 1.09 bits per heavy atom. The lowest BCUT2D eigenvalue weighted by Crippen LogP contribution is -2.63. The monoisotopic (exact) mass is 604 g/mol. The van der Waals surface area contributed by atoms with Crippen LogP contribution in [0.25, 0.3) is 0 Å². The van der Waals surface area contributed by atoms with Crippen LogP contribution in [0.3, 0.4) is 0 Å². The first-order chi connectivity index (χ1) is 20.7. The van der Waals surface area contributed by atoms with E-state index >= 15 is 0 Å². The van der Waals surface area contributed by atoms with Gasteiger partial charge >= 0.3 is 6.09 Å². The van der Waals surface area contributed by atoms with Gasteiger partial charge in [-0.2, -0.15) is 0 Å². The highest BCUT2D eigenvalue weighted by molar-refractivity contribution is 6.04. The molecule has 3 heterocycles. The molecule has 3 amide bonds. The summed E-state index contributed by atoms with van der Waals surface area (Å²) in [4.78, 5) is 46.3. The zero-order chi connectivity index (χ0) is 31.9. The number of ether oxygens (including phenoxy) is 3. The van der Waals surface area contributed by atoms with Gasteiger partial charge in [0.2, 0.25) is 11.9 Å². The number of nitrogens with zero attached hydrogens (tertiary/aromatic N) is 2. The van der Waals surface area contributed by atoms with Gasteiger partial charge in [0.05, 0.1) is 25.1 Å². The van der Waals surface area contributed by atoms with Crippen molar-refractivity contribution in [2.75, 3.05) is 6.61 Å². The van der Waals surface area contributed by atoms with E-state index in [-0.39, 0.29) is 30.2 Å². The molecule has 1 saturated heterocycles. The fourth-order valence-corrected chi connectivity index (χ4v) is 6.24. The summed E-state index contributed by atoms with van der Waals surface area (Å²) in [6.07, 6.45) is 1.90. The summed E-state index contributed by atoms with van der Waals surface area (Å²) in [7, 11) is 0. The second kappa shape index (κ2) is 11.8. The predicted molar refractivity (Wildman–Crippen MR) is 167 cm³/mol. The lowest BCUT2D eigenvalue weighted by Gasteiger charge is -2.46. The number of guanidine groups is 1. The second-order valence-electron chi connectivity index (χ2n) is 13.5. The zero-order valence-electron chi connectivity index (χ0n) is 26.8. The van der Waals surface area contributed by atoms with E-state index in [1.54, 1.807) is 43.9 Å². The van der Waals surface area contributed by atoms with Gasteiger partial charge in [-0.3, -0.25) is 14.5 Å². The number of hydrogen-bond donors (Lipinski definition) is 2. The number of fused-ring (bicyclic) bond motifs is 2. The van der Waals surface area contributed by atoms with Gasteiger partial charge < -0.3 is 24.8 Å². The lowest BCUT2D eigenvalue weighted by atomic mass is 9.85. The summed E-state index contributed by atoms with van der Waals surface area (Å²) in [6, 6.07) is 12.3. The predicted octanol–water partition coefficient (Wildman–Crippen LogP) is 6.21. The molecule has 10 heteroatoms. The van der Waals surface area contributed by atoms with Crippen molar-refractivity contribution in [1.29, 1.82) is 0 Å². The maximum absolute atomic E-state index is 13.9. The molecule has 5 rings (SSSR count). The molecule has 10 nitrogen and oxygen atoms in total. The Kier molecular flexibility index (Phi) is 8.39. The first-order valence-corrected chi connectivity index (χ1v) is 15.5. The van der Waals surface area contributed by atoms with Crippen molar-refractivity contribution in [3.05, 3.63) is 59.2 Å². The molecule has 3 aliphatic heterocycles. The quantitative estimate of drug-likeness (QED) is 0.416. The maximum Gasteiger partial charge on any atom is 0.437 e. The summed E-state index contributed by atoms with van der Waals surface area (Å²) in [5.41, 5.74) is 0.342. The van der Waals surface area contributed by atoms with E-state index in [9.17, 15) is 14.4 Å². The minimum Gasteiger partial charge on any atom is -0.493 e. The van der Waals surface area contributed by atoms with Gasteiger partial charge in [-0.05, 0) is 71.7 Å². The number of carbonyl (C=O) groups is 3. The fourth-order valence-electron chi connectivity index (χ4n) is 6.24. The van der Waals surface area contributed by atoms with Gasteiger partial charge in [0, 0.05) is 35.1 Å². The third kappa shape index (κ3) is 6.54. The molecule has 2 atom stereocenters. The molecule has 2 aromatic carbocycles. The Bertz CT molecular complexity index is 1470. The standard InChI is InChI=1S/C34H44N4O6/c1-8-34(9-2)20-28(39)38(30(37-34)36-31(41)44-32(3,4)5)25-16-17-42-26-15-14-21(18-23(25)26)29(40)35-24-19-33(6,7)43-27-13-11-10-12-22(24)27/h10-15,18,24-25H,8-9,16-17,19-20H2,1-7H3,(H,35,40)(H,36,37,41)/t24-,25+/m0/s1. The lowest BCUT2D eigenvalue weighted by molar-refractivity contribution is -0.133. The third-order valence-corrected chi connectivity index (χ3v) is 8.58. The number of aliphatic imine (C=N–C) groups is 1. The molecule has 0 radical (unpaired) electrons. The number of rotatable bonds is 5. The van der Waals surface area contributed by atoms with Crippen LogP contribution >= 0.6 is 0 Å². The molecule has 2 N–H and O–H groups in total. The van der Waals surface area contributed by atoms with Crippen LogP contribution in [0.1, 0.15) is 114 Å². The van der Waals surface area contributed by atoms with Gasteiger partial charge in [0.15, 0.2) is 0 Å². The van der Waals surface area contributed by atoms with E-state index in [1.807, 2.05) is 52.0 Å². The molecular formula is C34H44N4O6. The number of benzene rings is 2. The largest absolute Gasteiger partial charge is 0.493 e. The number of hydrogen-bond acceptors (Lipinski definition) is 6. The molecule has 0 aromatic heterocycles. The molecule has 0 unspecified atom stereocenters. The van der Waals surface area contributed by atoms with Gasteiger partial charge in [-0.1, -0.05) is 32.0 Å². The Hall–Kier alpha value is -4.08. The Morgan fingerprint density at radius 3 is 2.52 bits per heavy atom. The molecule has 2 aromatic rings. The Balaban J connectivity index is 1.47. The van der Waals surface area contributed by atoms with Gasteiger partial charge in [-0.25, -0.2) is 4.79 Å². The number of para-hydroxylation sites is 1. The van der Waals surface area contributed by atoms with Crippen molar-refractivity contribution in [2.24, 2.45) is 4.99 Å². The summed E-state index contributed by atoms with van der Waals surface area (Å²) in [5.74, 6) is 1.12. The summed E-state index contributed by atoms with van der Waals surface area (Å²) < 4.78 is 17.6. The van der Waals surface area contributed by atoms with Crippen LogP contribution in [0.2, 0.25) is 0 Å². The van der Waals surface area contributed by atoms with Crippen LogP contribution in [-0.4, -0.2) is 52.1 Å². The van der Waals surface area contributed by atoms with Crippen LogP contribution in [-0.2, 0) is 9.53 Å². The van der Waals surface area contributed by atoms with Crippen LogP contribution in [0.5, 0.6) is 11.5 Å². The van der Waals surface area contributed by atoms with Gasteiger partial charge in [-0.15, -0.1) is 4.99 Å². The van der Waals surface area contributed by atoms with Crippen LogP contribution < -0.4 is 20.1 Å². The summed E-state index contributed by atoms with van der Waals surface area (Å²) >= 11 is 0. The highest BCUT2D eigenvalue weighted by atomic mass is 16.6. The topological polar surface area (TPSA) is 119 Å². The fraction of sp³-hybridized carbons (Fsp3) is 0.529. The van der Waals surface area contributed by atoms with E-state index in [4.69, 9.17) is 14.2 Å². The average Bonchev–Trinajstić information content (AvgIpc) is 2.95. The zero-order valence-corrected chi connectivity index (χ0v) is 26.8. The molecular weight excluding hydrogens is 560 g/mol. The van der Waals surface area contributed by atoms with Crippen molar-refractivity contribution in [3.63, 3.8) is 0 Å². The first-order valence-electron chi connectivity index (χ1n) is 15.5. The van der Waals surface area contributed by atoms with Gasteiger partial charge in [0.1, 0.15) is 22.7 Å². The molecule has 0 bridgehead atoms. The summed E-state index contributed by atoms with van der Waals surface area (Å²) in [5, 5.41) is 6.62. The molecule has 0 aliphatic carbocycles. The molecule has 3 aliphatic rings. The SMILES string of the molecule is CCC1(CC)CC(=O)N([C@@H]2CCOc3ccc(C(=O)N[C@H]4CC(C)(C)Oc5ccccc54)cc32)/C(=N/C(=O)OC(C)(C)C)N1. The van der Waals surface area contributed by atoms with E-state index < -0.39 is 28.9 Å². The average molecular weight is 605 g/mol. The van der Waals surface area contributed by atoms with Crippen molar-refractivity contribution in [3.8, 4) is 11.5 Å².